The van der Waals surface area contributed by atoms with Crippen molar-refractivity contribution in [3.05, 3.63) is 0 Å². The predicted octanol–water partition coefficient (Wildman–Crippen LogP) is 3.24. The summed E-state index contributed by atoms with van der Waals surface area (Å²) in [5.74, 6) is 1.50. The third-order valence-electron chi connectivity index (χ3n) is 5.65. The van der Waals surface area contributed by atoms with Gasteiger partial charge in [-0.15, -0.1) is 0 Å². The molecule has 5 unspecified atom stereocenters. The van der Waals surface area contributed by atoms with Crippen LogP contribution in [0.3, 0.4) is 0 Å². The number of hydrogen-bond acceptors (Lipinski definition) is 2. The smallest absolute Gasteiger partial charge is 0.308 e. The number of carbonyl (C=O) groups is 1. The van der Waals surface area contributed by atoms with Crippen molar-refractivity contribution in [1.82, 2.24) is 4.90 Å². The highest BCUT2D eigenvalue weighted by atomic mass is 16.4. The molecule has 110 valence electrons. The SMILES string of the molecule is CCC1CCC(C(=O)O)C(N2CCC(C)C(C)C2)C1. The monoisotopic (exact) mass is 267 g/mol. The average Bonchev–Trinajstić information content (AvgIpc) is 2.41. The van der Waals surface area contributed by atoms with E-state index in [-0.39, 0.29) is 12.0 Å². The molecule has 1 saturated heterocycles. The second-order valence-electron chi connectivity index (χ2n) is 6.84. The Hall–Kier alpha value is -0.570. The lowest BCUT2D eigenvalue weighted by atomic mass is 9.75. The Labute approximate surface area is 117 Å². The molecule has 0 radical (unpaired) electrons. The van der Waals surface area contributed by atoms with Gasteiger partial charge >= 0.3 is 5.97 Å². The van der Waals surface area contributed by atoms with Crippen molar-refractivity contribution < 1.29 is 9.90 Å². The molecule has 1 aliphatic carbocycles. The maximum absolute atomic E-state index is 11.5. The normalized spacial score (nSPS) is 41.1. The first-order valence-corrected chi connectivity index (χ1v) is 7.99. The van der Waals surface area contributed by atoms with Crippen molar-refractivity contribution in [2.24, 2.45) is 23.7 Å². The molecule has 1 heterocycles. The highest BCUT2D eigenvalue weighted by Crippen LogP contribution is 2.36. The van der Waals surface area contributed by atoms with E-state index in [2.05, 4.69) is 25.7 Å². The molecule has 0 aromatic heterocycles. The maximum Gasteiger partial charge on any atom is 0.308 e. The van der Waals surface area contributed by atoms with Crippen LogP contribution in [-0.2, 0) is 4.79 Å². The summed E-state index contributed by atoms with van der Waals surface area (Å²) in [5, 5.41) is 9.49. The Kier molecular flexibility index (Phi) is 4.88. The van der Waals surface area contributed by atoms with Crippen LogP contribution in [0.1, 0.15) is 52.9 Å². The Morgan fingerprint density at radius 1 is 1.21 bits per heavy atom. The quantitative estimate of drug-likeness (QED) is 0.853. The van der Waals surface area contributed by atoms with Gasteiger partial charge in [-0.05, 0) is 50.0 Å². The van der Waals surface area contributed by atoms with Crippen LogP contribution in [0.25, 0.3) is 0 Å². The molecule has 3 heteroatoms. The minimum Gasteiger partial charge on any atom is -0.481 e. The average molecular weight is 267 g/mol. The molecule has 0 bridgehead atoms. The van der Waals surface area contributed by atoms with Gasteiger partial charge in [-0.25, -0.2) is 0 Å². The van der Waals surface area contributed by atoms with E-state index < -0.39 is 5.97 Å². The molecule has 1 N–H and O–H groups in total. The number of carboxylic acid groups (broad SMARTS) is 1. The number of aliphatic carboxylic acids is 1. The second kappa shape index (κ2) is 6.25. The summed E-state index contributed by atoms with van der Waals surface area (Å²) in [6.07, 6.45) is 5.49. The summed E-state index contributed by atoms with van der Waals surface area (Å²) < 4.78 is 0. The van der Waals surface area contributed by atoms with Gasteiger partial charge in [0, 0.05) is 12.6 Å². The van der Waals surface area contributed by atoms with E-state index in [9.17, 15) is 9.90 Å². The third kappa shape index (κ3) is 3.31. The molecule has 2 aliphatic rings. The van der Waals surface area contributed by atoms with Gasteiger partial charge < -0.3 is 5.11 Å². The van der Waals surface area contributed by atoms with Crippen molar-refractivity contribution in [2.75, 3.05) is 13.1 Å². The highest BCUT2D eigenvalue weighted by molar-refractivity contribution is 5.71. The summed E-state index contributed by atoms with van der Waals surface area (Å²) in [6, 6.07) is 0.283. The molecule has 0 aromatic carbocycles. The zero-order valence-corrected chi connectivity index (χ0v) is 12.6. The number of piperidine rings is 1. The largest absolute Gasteiger partial charge is 0.481 e. The van der Waals surface area contributed by atoms with Crippen LogP contribution >= 0.6 is 0 Å². The van der Waals surface area contributed by atoms with Crippen molar-refractivity contribution >= 4 is 5.97 Å². The standard InChI is InChI=1S/C16H29NO2/c1-4-13-5-6-14(16(18)19)15(9-13)17-8-7-11(2)12(3)10-17/h11-15H,4-10H2,1-3H3,(H,18,19). The van der Waals surface area contributed by atoms with Crippen molar-refractivity contribution in [1.29, 1.82) is 0 Å². The van der Waals surface area contributed by atoms with Crippen molar-refractivity contribution in [3.8, 4) is 0 Å². The lowest BCUT2D eigenvalue weighted by Crippen LogP contribution is -2.51. The van der Waals surface area contributed by atoms with Crippen molar-refractivity contribution in [3.63, 3.8) is 0 Å². The van der Waals surface area contributed by atoms with Gasteiger partial charge in [-0.1, -0.05) is 27.2 Å². The first-order valence-electron chi connectivity index (χ1n) is 7.99. The predicted molar refractivity (Wildman–Crippen MR) is 77.1 cm³/mol. The molecule has 5 atom stereocenters. The maximum atomic E-state index is 11.5. The van der Waals surface area contributed by atoms with E-state index in [0.717, 1.165) is 44.2 Å². The number of rotatable bonds is 3. The molecular formula is C16H29NO2. The van der Waals surface area contributed by atoms with Gasteiger partial charge in [0.05, 0.1) is 5.92 Å². The number of hydrogen-bond donors (Lipinski definition) is 1. The van der Waals surface area contributed by atoms with E-state index in [1.807, 2.05) is 0 Å². The van der Waals surface area contributed by atoms with Gasteiger partial charge in [0.25, 0.3) is 0 Å². The van der Waals surface area contributed by atoms with Gasteiger partial charge in [-0.3, -0.25) is 9.69 Å². The Morgan fingerprint density at radius 2 is 1.95 bits per heavy atom. The summed E-state index contributed by atoms with van der Waals surface area (Å²) in [6.45, 7) is 9.06. The fourth-order valence-corrected chi connectivity index (χ4v) is 3.89. The number of nitrogens with zero attached hydrogens (tertiary/aromatic N) is 1. The van der Waals surface area contributed by atoms with Crippen LogP contribution in [0, 0.1) is 23.7 Å². The van der Waals surface area contributed by atoms with Gasteiger partial charge in [0.15, 0.2) is 0 Å². The van der Waals surface area contributed by atoms with Crippen LogP contribution in [0.2, 0.25) is 0 Å². The minimum atomic E-state index is -0.578. The van der Waals surface area contributed by atoms with Crippen molar-refractivity contribution in [2.45, 2.75) is 58.9 Å². The fraction of sp³-hybridized carbons (Fsp3) is 0.938. The minimum absolute atomic E-state index is 0.136. The van der Waals surface area contributed by atoms with E-state index in [1.54, 1.807) is 0 Å². The van der Waals surface area contributed by atoms with Crippen LogP contribution in [0.4, 0.5) is 0 Å². The number of carboxylic acids is 1. The lowest BCUT2D eigenvalue weighted by Gasteiger charge is -2.45. The molecule has 2 rings (SSSR count). The highest BCUT2D eigenvalue weighted by Gasteiger charge is 2.39. The third-order valence-corrected chi connectivity index (χ3v) is 5.65. The first-order chi connectivity index (χ1) is 9.02. The Bertz CT molecular complexity index is 318. The molecule has 0 spiro atoms. The van der Waals surface area contributed by atoms with E-state index in [1.165, 1.54) is 12.8 Å². The Balaban J connectivity index is 2.06. The van der Waals surface area contributed by atoms with Crippen LogP contribution in [0.15, 0.2) is 0 Å². The molecule has 1 saturated carbocycles. The molecule has 19 heavy (non-hydrogen) atoms. The second-order valence-corrected chi connectivity index (χ2v) is 6.84. The topological polar surface area (TPSA) is 40.5 Å². The van der Waals surface area contributed by atoms with Crippen LogP contribution in [0.5, 0.6) is 0 Å². The van der Waals surface area contributed by atoms with Crippen LogP contribution in [-0.4, -0.2) is 35.1 Å². The van der Waals surface area contributed by atoms with Gasteiger partial charge in [0.2, 0.25) is 0 Å². The van der Waals surface area contributed by atoms with E-state index >= 15 is 0 Å². The van der Waals surface area contributed by atoms with Gasteiger partial charge in [-0.2, -0.15) is 0 Å². The summed E-state index contributed by atoms with van der Waals surface area (Å²) in [4.78, 5) is 14.0. The molecule has 0 aromatic rings. The zero-order valence-electron chi connectivity index (χ0n) is 12.6. The molecule has 2 fully saturated rings. The lowest BCUT2D eigenvalue weighted by molar-refractivity contribution is -0.147. The fourth-order valence-electron chi connectivity index (χ4n) is 3.89. The van der Waals surface area contributed by atoms with Crippen LogP contribution < -0.4 is 0 Å². The molecule has 0 amide bonds. The summed E-state index contributed by atoms with van der Waals surface area (Å²) in [7, 11) is 0. The molecule has 3 nitrogen and oxygen atoms in total. The number of likely N-dealkylation sites (tertiary alicyclic amines) is 1. The summed E-state index contributed by atoms with van der Waals surface area (Å²) in [5.41, 5.74) is 0. The zero-order chi connectivity index (χ0) is 14.0. The Morgan fingerprint density at radius 3 is 2.53 bits per heavy atom. The van der Waals surface area contributed by atoms with E-state index in [4.69, 9.17) is 0 Å². The van der Waals surface area contributed by atoms with Gasteiger partial charge in [0.1, 0.15) is 0 Å². The summed E-state index contributed by atoms with van der Waals surface area (Å²) >= 11 is 0. The van der Waals surface area contributed by atoms with E-state index in [0.29, 0.717) is 5.92 Å². The molecule has 1 aliphatic heterocycles. The first kappa shape index (κ1) is 14.8. The molecular weight excluding hydrogens is 238 g/mol.